The number of nitrogens with two attached hydrogens (primary N) is 1. The van der Waals surface area contributed by atoms with Gasteiger partial charge in [-0.15, -0.1) is 0 Å². The second-order valence-corrected chi connectivity index (χ2v) is 3.03. The minimum absolute atomic E-state index is 0.150. The van der Waals surface area contributed by atoms with E-state index in [9.17, 15) is 27.2 Å². The van der Waals surface area contributed by atoms with Crippen LogP contribution >= 0.6 is 0 Å². The molecule has 1 aromatic rings. The van der Waals surface area contributed by atoms with Crippen LogP contribution in [-0.2, 0) is 9.63 Å². The number of hydroxylamine groups is 1. The first-order valence-corrected chi connectivity index (χ1v) is 4.38. The number of rotatable bonds is 4. The predicted octanol–water partition coefficient (Wildman–Crippen LogP) is 0.390. The molecule has 5 nitrogen and oxygen atoms in total. The summed E-state index contributed by atoms with van der Waals surface area (Å²) in [6.45, 7) is -0.723. The van der Waals surface area contributed by atoms with Gasteiger partial charge in [0.2, 0.25) is 5.91 Å². The molecule has 0 heterocycles. The average Bonchev–Trinajstić information content (AvgIpc) is 2.30. The van der Waals surface area contributed by atoms with Gasteiger partial charge in [-0.05, 0) is 6.07 Å². The molecular formula is C9H6F4N2O3. The van der Waals surface area contributed by atoms with E-state index in [4.69, 9.17) is 0 Å². The molecule has 0 fully saturated rings. The number of benzene rings is 1. The first kappa shape index (κ1) is 13.9. The van der Waals surface area contributed by atoms with E-state index in [0.29, 0.717) is 0 Å². The molecule has 0 radical (unpaired) electrons. The fourth-order valence-electron chi connectivity index (χ4n) is 0.966. The number of amides is 2. The van der Waals surface area contributed by atoms with Gasteiger partial charge in [-0.1, -0.05) is 0 Å². The third-order valence-corrected chi connectivity index (χ3v) is 1.73. The molecule has 98 valence electrons. The van der Waals surface area contributed by atoms with Gasteiger partial charge in [-0.25, -0.2) is 23.0 Å². The number of halogens is 4. The van der Waals surface area contributed by atoms with E-state index in [1.54, 1.807) is 0 Å². The van der Waals surface area contributed by atoms with Crippen LogP contribution in [0, 0.1) is 23.3 Å². The van der Waals surface area contributed by atoms with Crippen molar-refractivity contribution < 1.29 is 32.0 Å². The van der Waals surface area contributed by atoms with Crippen LogP contribution in [0.5, 0.6) is 0 Å². The third-order valence-electron chi connectivity index (χ3n) is 1.73. The number of hydrogen-bond donors (Lipinski definition) is 2. The maximum absolute atomic E-state index is 13.1. The van der Waals surface area contributed by atoms with Crippen molar-refractivity contribution in [2.24, 2.45) is 5.73 Å². The van der Waals surface area contributed by atoms with Crippen molar-refractivity contribution in [3.05, 3.63) is 34.9 Å². The monoisotopic (exact) mass is 266 g/mol. The lowest BCUT2D eigenvalue weighted by Crippen LogP contribution is -2.30. The van der Waals surface area contributed by atoms with Crippen molar-refractivity contribution in [2.45, 2.75) is 0 Å². The quantitative estimate of drug-likeness (QED) is 0.358. The number of carbonyl (C=O) groups excluding carboxylic acids is 2. The normalized spacial score (nSPS) is 10.2. The van der Waals surface area contributed by atoms with Gasteiger partial charge in [0.1, 0.15) is 0 Å². The van der Waals surface area contributed by atoms with Crippen molar-refractivity contribution >= 4 is 11.8 Å². The van der Waals surface area contributed by atoms with Crippen LogP contribution in [-0.4, -0.2) is 18.4 Å². The topological polar surface area (TPSA) is 81.4 Å². The maximum atomic E-state index is 13.1. The van der Waals surface area contributed by atoms with E-state index in [0.717, 1.165) is 0 Å². The van der Waals surface area contributed by atoms with Gasteiger partial charge in [-0.3, -0.25) is 14.4 Å². The van der Waals surface area contributed by atoms with Crippen molar-refractivity contribution in [1.82, 2.24) is 5.48 Å². The maximum Gasteiger partial charge on any atom is 0.278 e. The molecular weight excluding hydrogens is 260 g/mol. The fraction of sp³-hybridized carbons (Fsp3) is 0.111. The molecule has 0 saturated heterocycles. The van der Waals surface area contributed by atoms with Gasteiger partial charge in [-0.2, -0.15) is 0 Å². The Hall–Kier alpha value is -2.16. The largest absolute Gasteiger partial charge is 0.368 e. The molecule has 0 aromatic heterocycles. The molecule has 0 aliphatic heterocycles. The first-order chi connectivity index (χ1) is 8.34. The predicted molar refractivity (Wildman–Crippen MR) is 48.9 cm³/mol. The van der Waals surface area contributed by atoms with E-state index in [-0.39, 0.29) is 6.07 Å². The Labute approximate surface area is 97.5 Å². The van der Waals surface area contributed by atoms with Crippen molar-refractivity contribution in [3.8, 4) is 0 Å². The molecule has 9 heteroatoms. The summed E-state index contributed by atoms with van der Waals surface area (Å²) in [5.41, 5.74) is 5.05. The molecule has 18 heavy (non-hydrogen) atoms. The van der Waals surface area contributed by atoms with E-state index in [1.165, 1.54) is 5.48 Å². The van der Waals surface area contributed by atoms with Crippen molar-refractivity contribution in [3.63, 3.8) is 0 Å². The van der Waals surface area contributed by atoms with E-state index >= 15 is 0 Å². The van der Waals surface area contributed by atoms with Crippen LogP contribution in [0.1, 0.15) is 10.4 Å². The molecule has 1 aromatic carbocycles. The van der Waals surface area contributed by atoms with Gasteiger partial charge in [0.25, 0.3) is 5.91 Å². The molecule has 0 spiro atoms. The molecule has 1 rings (SSSR count). The van der Waals surface area contributed by atoms with Crippen LogP contribution in [0.4, 0.5) is 17.6 Å². The summed E-state index contributed by atoms with van der Waals surface area (Å²) in [6, 6.07) is 0.150. The average molecular weight is 266 g/mol. The Morgan fingerprint density at radius 1 is 1.17 bits per heavy atom. The second-order valence-electron chi connectivity index (χ2n) is 3.03. The first-order valence-electron chi connectivity index (χ1n) is 4.38. The van der Waals surface area contributed by atoms with Crippen molar-refractivity contribution in [2.75, 3.05) is 6.61 Å². The molecule has 3 N–H and O–H groups in total. The second kappa shape index (κ2) is 5.45. The van der Waals surface area contributed by atoms with Gasteiger partial charge in [0.05, 0.1) is 5.56 Å². The Morgan fingerprint density at radius 3 is 2.33 bits per heavy atom. The van der Waals surface area contributed by atoms with E-state index in [1.807, 2.05) is 0 Å². The molecule has 0 bridgehead atoms. The summed E-state index contributed by atoms with van der Waals surface area (Å²) in [4.78, 5) is 25.6. The highest BCUT2D eigenvalue weighted by Gasteiger charge is 2.23. The standard InChI is InChI=1S/C9H6F4N2O3/c10-4-1-3(6(11)8(13)7(4)12)9(17)15-18-2-5(14)16/h1H,2H2,(H2,14,16)(H,15,17). The highest BCUT2D eigenvalue weighted by atomic mass is 19.2. The van der Waals surface area contributed by atoms with Crippen LogP contribution in [0.25, 0.3) is 0 Å². The lowest BCUT2D eigenvalue weighted by molar-refractivity contribution is -0.124. The van der Waals surface area contributed by atoms with Gasteiger partial charge < -0.3 is 5.73 Å². The molecule has 0 atom stereocenters. The zero-order valence-corrected chi connectivity index (χ0v) is 8.60. The number of nitrogens with one attached hydrogen (secondary N) is 1. The number of hydrogen-bond acceptors (Lipinski definition) is 3. The highest BCUT2D eigenvalue weighted by Crippen LogP contribution is 2.18. The van der Waals surface area contributed by atoms with Gasteiger partial charge in [0.15, 0.2) is 29.9 Å². The summed E-state index contributed by atoms with van der Waals surface area (Å²) in [7, 11) is 0. The van der Waals surface area contributed by atoms with Crippen LogP contribution in [0.2, 0.25) is 0 Å². The summed E-state index contributed by atoms with van der Waals surface area (Å²) < 4.78 is 51.2. The van der Waals surface area contributed by atoms with E-state index < -0.39 is 47.3 Å². The van der Waals surface area contributed by atoms with Gasteiger partial charge in [0, 0.05) is 0 Å². The summed E-state index contributed by atoms with van der Waals surface area (Å²) >= 11 is 0. The number of carbonyl (C=O) groups is 2. The molecule has 0 saturated carbocycles. The number of primary amides is 1. The smallest absolute Gasteiger partial charge is 0.278 e. The molecule has 0 aliphatic rings. The zero-order valence-electron chi connectivity index (χ0n) is 8.60. The summed E-state index contributed by atoms with van der Waals surface area (Å²) in [5.74, 6) is -10.1. The Bertz CT molecular complexity index is 507. The fourth-order valence-corrected chi connectivity index (χ4v) is 0.966. The summed E-state index contributed by atoms with van der Waals surface area (Å²) in [6.07, 6.45) is 0. The minimum atomic E-state index is -2.13. The Morgan fingerprint density at radius 2 is 1.78 bits per heavy atom. The lowest BCUT2D eigenvalue weighted by Gasteiger charge is -2.06. The molecule has 2 amide bonds. The van der Waals surface area contributed by atoms with Crippen LogP contribution < -0.4 is 11.2 Å². The van der Waals surface area contributed by atoms with Crippen LogP contribution in [0.15, 0.2) is 6.07 Å². The molecule has 0 aliphatic carbocycles. The zero-order chi connectivity index (χ0) is 13.9. The summed E-state index contributed by atoms with van der Waals surface area (Å²) in [5, 5.41) is 0. The Balaban J connectivity index is 2.90. The minimum Gasteiger partial charge on any atom is -0.368 e. The lowest BCUT2D eigenvalue weighted by atomic mass is 10.2. The Kier molecular flexibility index (Phi) is 4.21. The van der Waals surface area contributed by atoms with Crippen LogP contribution in [0.3, 0.4) is 0 Å². The van der Waals surface area contributed by atoms with Gasteiger partial charge >= 0.3 is 0 Å². The SMILES string of the molecule is NC(=O)CONC(=O)c1cc(F)c(F)c(F)c1F. The molecule has 0 unspecified atom stereocenters. The van der Waals surface area contributed by atoms with E-state index in [2.05, 4.69) is 10.6 Å². The van der Waals surface area contributed by atoms with Crippen molar-refractivity contribution in [1.29, 1.82) is 0 Å². The highest BCUT2D eigenvalue weighted by molar-refractivity contribution is 5.93. The third kappa shape index (κ3) is 2.94.